The number of aromatic nitrogens is 1. The number of pyridine rings is 1. The number of carbonyl (C=O) groups is 2. The maximum Gasteiger partial charge on any atom is 0.313 e. The molecule has 0 spiro atoms. The molecule has 0 aromatic carbocycles. The molecule has 0 radical (unpaired) electrons. The standard InChI is InChI=1S/C7H6BrN3O2/c8-5-2-1-4(3-10-5)11-7(13)6(9)12/h1-3H,(H2,9,12)(H,11,13). The van der Waals surface area contributed by atoms with E-state index in [-0.39, 0.29) is 0 Å². The van der Waals surface area contributed by atoms with Crippen molar-refractivity contribution in [3.8, 4) is 0 Å². The predicted molar refractivity (Wildman–Crippen MR) is 49.8 cm³/mol. The number of amides is 2. The number of nitrogens with zero attached hydrogens (tertiary/aromatic N) is 1. The van der Waals surface area contributed by atoms with Gasteiger partial charge in [0.1, 0.15) is 4.60 Å². The van der Waals surface area contributed by atoms with Crippen LogP contribution in [0.1, 0.15) is 0 Å². The maximum atomic E-state index is 10.8. The summed E-state index contributed by atoms with van der Waals surface area (Å²) in [6.45, 7) is 0. The fraction of sp³-hybridized carbons (Fsp3) is 0. The fourth-order valence-corrected chi connectivity index (χ4v) is 0.877. The van der Waals surface area contributed by atoms with Gasteiger partial charge in [0.15, 0.2) is 0 Å². The summed E-state index contributed by atoms with van der Waals surface area (Å²) in [5, 5.41) is 2.27. The fourth-order valence-electron chi connectivity index (χ4n) is 0.642. The number of anilines is 1. The monoisotopic (exact) mass is 243 g/mol. The number of halogens is 1. The van der Waals surface area contributed by atoms with Crippen molar-refractivity contribution in [3.63, 3.8) is 0 Å². The van der Waals surface area contributed by atoms with Crippen LogP contribution in [0, 0.1) is 0 Å². The van der Waals surface area contributed by atoms with E-state index in [1.54, 1.807) is 12.1 Å². The summed E-state index contributed by atoms with van der Waals surface area (Å²) in [5.74, 6) is -1.88. The van der Waals surface area contributed by atoms with Crippen LogP contribution in [0.3, 0.4) is 0 Å². The highest BCUT2D eigenvalue weighted by molar-refractivity contribution is 9.10. The molecule has 0 unspecified atom stereocenters. The van der Waals surface area contributed by atoms with E-state index in [0.717, 1.165) is 0 Å². The Kier molecular flexibility index (Phi) is 2.97. The summed E-state index contributed by atoms with van der Waals surface area (Å²) in [5.41, 5.74) is 5.16. The number of primary amides is 1. The van der Waals surface area contributed by atoms with Crippen molar-refractivity contribution in [1.82, 2.24) is 4.98 Å². The highest BCUT2D eigenvalue weighted by Gasteiger charge is 2.07. The van der Waals surface area contributed by atoms with Gasteiger partial charge in [0, 0.05) is 0 Å². The van der Waals surface area contributed by atoms with E-state index in [0.29, 0.717) is 10.3 Å². The number of nitrogens with one attached hydrogen (secondary N) is 1. The minimum Gasteiger partial charge on any atom is -0.361 e. The Morgan fingerprint density at radius 3 is 2.62 bits per heavy atom. The van der Waals surface area contributed by atoms with E-state index in [4.69, 9.17) is 5.73 Å². The number of carbonyl (C=O) groups excluding carboxylic acids is 2. The van der Waals surface area contributed by atoms with Crippen LogP contribution >= 0.6 is 15.9 Å². The zero-order chi connectivity index (χ0) is 9.84. The van der Waals surface area contributed by atoms with Crippen LogP contribution in [-0.2, 0) is 9.59 Å². The molecule has 1 aromatic rings. The minimum atomic E-state index is -1.03. The molecule has 0 aliphatic heterocycles. The van der Waals surface area contributed by atoms with E-state index in [1.165, 1.54) is 6.20 Å². The van der Waals surface area contributed by atoms with Crippen LogP contribution in [0.25, 0.3) is 0 Å². The lowest BCUT2D eigenvalue weighted by Crippen LogP contribution is -2.29. The van der Waals surface area contributed by atoms with Crippen molar-refractivity contribution in [2.24, 2.45) is 5.73 Å². The van der Waals surface area contributed by atoms with Crippen LogP contribution in [0.2, 0.25) is 0 Å². The van der Waals surface area contributed by atoms with Crippen molar-refractivity contribution < 1.29 is 9.59 Å². The summed E-state index contributed by atoms with van der Waals surface area (Å²) < 4.78 is 0.643. The number of hydrogen-bond donors (Lipinski definition) is 2. The average Bonchev–Trinajstić information content (AvgIpc) is 2.08. The molecule has 6 heteroatoms. The molecule has 0 saturated heterocycles. The van der Waals surface area contributed by atoms with Crippen molar-refractivity contribution in [3.05, 3.63) is 22.9 Å². The first-order valence-electron chi connectivity index (χ1n) is 3.32. The van der Waals surface area contributed by atoms with Crippen molar-refractivity contribution in [2.45, 2.75) is 0 Å². The second-order valence-electron chi connectivity index (χ2n) is 2.19. The molecule has 0 atom stereocenters. The molecule has 0 saturated carbocycles. The molecule has 1 rings (SSSR count). The van der Waals surface area contributed by atoms with Crippen LogP contribution < -0.4 is 11.1 Å². The van der Waals surface area contributed by atoms with Gasteiger partial charge in [0.2, 0.25) is 0 Å². The Balaban J connectivity index is 2.70. The number of hydrogen-bond acceptors (Lipinski definition) is 3. The Labute approximate surface area is 82.5 Å². The van der Waals surface area contributed by atoms with Crippen molar-refractivity contribution in [1.29, 1.82) is 0 Å². The number of rotatable bonds is 1. The molecule has 1 aromatic heterocycles. The molecule has 3 N–H and O–H groups in total. The Bertz CT molecular complexity index is 336. The first-order chi connectivity index (χ1) is 6.09. The molecule has 2 amide bonds. The van der Waals surface area contributed by atoms with Crippen molar-refractivity contribution in [2.75, 3.05) is 5.32 Å². The van der Waals surface area contributed by atoms with Gasteiger partial charge in [-0.15, -0.1) is 0 Å². The normalized spacial score (nSPS) is 9.31. The third-order valence-corrected chi connectivity index (χ3v) is 1.68. The second-order valence-corrected chi connectivity index (χ2v) is 3.00. The van der Waals surface area contributed by atoms with Gasteiger partial charge in [-0.05, 0) is 28.1 Å². The quantitative estimate of drug-likeness (QED) is 0.549. The van der Waals surface area contributed by atoms with Gasteiger partial charge in [-0.2, -0.15) is 0 Å². The molecule has 0 aliphatic carbocycles. The molecular weight excluding hydrogens is 238 g/mol. The smallest absolute Gasteiger partial charge is 0.313 e. The van der Waals surface area contributed by atoms with Gasteiger partial charge in [0.05, 0.1) is 11.9 Å². The molecule has 0 bridgehead atoms. The van der Waals surface area contributed by atoms with Crippen LogP contribution in [0.5, 0.6) is 0 Å². The molecule has 68 valence electrons. The van der Waals surface area contributed by atoms with E-state index in [1.807, 2.05) is 0 Å². The summed E-state index contributed by atoms with van der Waals surface area (Å²) in [4.78, 5) is 25.0. The lowest BCUT2D eigenvalue weighted by atomic mass is 10.4. The van der Waals surface area contributed by atoms with Crippen molar-refractivity contribution >= 4 is 33.4 Å². The topological polar surface area (TPSA) is 85.1 Å². The summed E-state index contributed by atoms with van der Waals surface area (Å²) in [7, 11) is 0. The molecule has 13 heavy (non-hydrogen) atoms. The van der Waals surface area contributed by atoms with E-state index in [9.17, 15) is 9.59 Å². The summed E-state index contributed by atoms with van der Waals surface area (Å²) >= 11 is 3.13. The largest absolute Gasteiger partial charge is 0.361 e. The van der Waals surface area contributed by atoms with E-state index in [2.05, 4.69) is 26.2 Å². The van der Waals surface area contributed by atoms with Gasteiger partial charge in [0.25, 0.3) is 0 Å². The maximum absolute atomic E-state index is 10.8. The first kappa shape index (κ1) is 9.66. The van der Waals surface area contributed by atoms with Gasteiger partial charge < -0.3 is 11.1 Å². The van der Waals surface area contributed by atoms with Gasteiger partial charge in [-0.3, -0.25) is 9.59 Å². The Morgan fingerprint density at radius 2 is 2.15 bits per heavy atom. The molecule has 5 nitrogen and oxygen atoms in total. The molecule has 1 heterocycles. The third kappa shape index (κ3) is 2.83. The third-order valence-electron chi connectivity index (χ3n) is 1.21. The summed E-state index contributed by atoms with van der Waals surface area (Å²) in [6.07, 6.45) is 1.41. The Hall–Kier alpha value is -1.43. The van der Waals surface area contributed by atoms with Gasteiger partial charge in [-0.1, -0.05) is 0 Å². The first-order valence-corrected chi connectivity index (χ1v) is 4.11. The summed E-state index contributed by atoms with van der Waals surface area (Å²) in [6, 6.07) is 3.23. The van der Waals surface area contributed by atoms with Gasteiger partial charge >= 0.3 is 11.8 Å². The number of nitrogens with two attached hydrogens (primary N) is 1. The van der Waals surface area contributed by atoms with Crippen LogP contribution in [-0.4, -0.2) is 16.8 Å². The highest BCUT2D eigenvalue weighted by Crippen LogP contribution is 2.09. The molecule has 0 fully saturated rings. The zero-order valence-electron chi connectivity index (χ0n) is 6.45. The SMILES string of the molecule is NC(=O)C(=O)Nc1ccc(Br)nc1. The van der Waals surface area contributed by atoms with E-state index >= 15 is 0 Å². The minimum absolute atomic E-state index is 0.423. The molecular formula is C7H6BrN3O2. The second kappa shape index (κ2) is 3.99. The lowest BCUT2D eigenvalue weighted by Gasteiger charge is -2.00. The van der Waals surface area contributed by atoms with Crippen LogP contribution in [0.4, 0.5) is 5.69 Å². The zero-order valence-corrected chi connectivity index (χ0v) is 8.04. The lowest BCUT2D eigenvalue weighted by molar-refractivity contribution is -0.134. The van der Waals surface area contributed by atoms with Gasteiger partial charge in [-0.25, -0.2) is 4.98 Å². The molecule has 0 aliphatic rings. The van der Waals surface area contributed by atoms with E-state index < -0.39 is 11.8 Å². The highest BCUT2D eigenvalue weighted by atomic mass is 79.9. The Morgan fingerprint density at radius 1 is 1.46 bits per heavy atom. The van der Waals surface area contributed by atoms with Crippen LogP contribution in [0.15, 0.2) is 22.9 Å². The average molecular weight is 244 g/mol. The predicted octanol–water partition coefficient (Wildman–Crippen LogP) is 0.268.